The lowest BCUT2D eigenvalue weighted by molar-refractivity contribution is 0.0655. The van der Waals surface area contributed by atoms with Crippen molar-refractivity contribution in [2.75, 3.05) is 5.32 Å². The van der Waals surface area contributed by atoms with Gasteiger partial charge in [0, 0.05) is 22.8 Å². The average Bonchev–Trinajstić information content (AvgIpc) is 3.20. The molecule has 1 aliphatic heterocycles. The van der Waals surface area contributed by atoms with Crippen LogP contribution in [-0.2, 0) is 0 Å². The summed E-state index contributed by atoms with van der Waals surface area (Å²) in [5.74, 6) is 0.732. The van der Waals surface area contributed by atoms with Gasteiger partial charge in [0.15, 0.2) is 11.6 Å². The maximum absolute atomic E-state index is 15.0. The first-order valence-electron chi connectivity index (χ1n) is 9.87. The Morgan fingerprint density at radius 3 is 2.57 bits per heavy atom. The summed E-state index contributed by atoms with van der Waals surface area (Å²) in [6.45, 7) is 7.82. The molecule has 1 aliphatic rings. The zero-order valence-corrected chi connectivity index (χ0v) is 17.4. The number of aromatic nitrogens is 5. The predicted molar refractivity (Wildman–Crippen MR) is 113 cm³/mol. The number of rotatable bonds is 4. The Labute approximate surface area is 174 Å². The molecule has 0 radical (unpaired) electrons. The van der Waals surface area contributed by atoms with Gasteiger partial charge in [0.25, 0.3) is 0 Å². The SMILES string of the molecule is CC1(C)CC(Nc2cnc(-c3ccc(-c4cn[nH]c4)cc3O)nn2)C(F)C(C)(C)N1. The lowest BCUT2D eigenvalue weighted by Gasteiger charge is -2.48. The van der Waals surface area contributed by atoms with Gasteiger partial charge in [0.05, 0.1) is 24.0 Å². The number of H-pyrrole nitrogens is 1. The zero-order valence-electron chi connectivity index (χ0n) is 17.4. The first-order valence-corrected chi connectivity index (χ1v) is 9.87. The van der Waals surface area contributed by atoms with E-state index in [1.807, 2.05) is 19.9 Å². The highest BCUT2D eigenvalue weighted by molar-refractivity contribution is 5.72. The minimum atomic E-state index is -1.11. The Morgan fingerprint density at radius 2 is 1.93 bits per heavy atom. The summed E-state index contributed by atoms with van der Waals surface area (Å²) in [6, 6.07) is 4.79. The van der Waals surface area contributed by atoms with Crippen molar-refractivity contribution in [2.45, 2.75) is 57.4 Å². The highest BCUT2D eigenvalue weighted by Crippen LogP contribution is 2.33. The Kier molecular flexibility index (Phi) is 4.93. The molecule has 4 N–H and O–H groups in total. The minimum absolute atomic E-state index is 0.0434. The summed E-state index contributed by atoms with van der Waals surface area (Å²) in [7, 11) is 0. The van der Waals surface area contributed by atoms with Gasteiger partial charge in [-0.15, -0.1) is 10.2 Å². The van der Waals surface area contributed by atoms with Crippen molar-refractivity contribution in [3.05, 3.63) is 36.8 Å². The molecule has 1 aromatic carbocycles. The van der Waals surface area contributed by atoms with Crippen molar-refractivity contribution in [1.82, 2.24) is 30.7 Å². The van der Waals surface area contributed by atoms with Crippen LogP contribution in [0.25, 0.3) is 22.5 Å². The molecule has 0 saturated carbocycles. The van der Waals surface area contributed by atoms with Gasteiger partial charge in [-0.25, -0.2) is 9.37 Å². The number of phenolic OH excluding ortho intramolecular Hbond substituents is 1. The van der Waals surface area contributed by atoms with E-state index in [1.165, 1.54) is 6.20 Å². The van der Waals surface area contributed by atoms with Gasteiger partial charge in [-0.1, -0.05) is 6.07 Å². The first-order chi connectivity index (χ1) is 14.1. The van der Waals surface area contributed by atoms with E-state index in [4.69, 9.17) is 0 Å². The van der Waals surface area contributed by atoms with Crippen LogP contribution in [0, 0.1) is 0 Å². The molecule has 1 fully saturated rings. The molecular weight excluding hydrogens is 385 g/mol. The van der Waals surface area contributed by atoms with Crippen LogP contribution in [0.2, 0.25) is 0 Å². The van der Waals surface area contributed by atoms with Crippen LogP contribution < -0.4 is 10.6 Å². The molecule has 158 valence electrons. The van der Waals surface area contributed by atoms with E-state index in [1.54, 1.807) is 24.5 Å². The Morgan fingerprint density at radius 1 is 1.13 bits per heavy atom. The van der Waals surface area contributed by atoms with Gasteiger partial charge in [-0.2, -0.15) is 5.10 Å². The van der Waals surface area contributed by atoms with E-state index in [-0.39, 0.29) is 11.3 Å². The van der Waals surface area contributed by atoms with Crippen LogP contribution in [0.15, 0.2) is 36.8 Å². The second-order valence-corrected chi connectivity index (χ2v) is 8.97. The van der Waals surface area contributed by atoms with Gasteiger partial charge >= 0.3 is 0 Å². The highest BCUT2D eigenvalue weighted by Gasteiger charge is 2.46. The summed E-state index contributed by atoms with van der Waals surface area (Å²) in [5.41, 5.74) is 1.27. The van der Waals surface area contributed by atoms with Crippen LogP contribution in [0.1, 0.15) is 34.1 Å². The summed E-state index contributed by atoms with van der Waals surface area (Å²) in [4.78, 5) is 4.31. The molecule has 3 aromatic rings. The number of halogens is 1. The second-order valence-electron chi connectivity index (χ2n) is 8.97. The Bertz CT molecular complexity index is 1020. The topological polar surface area (TPSA) is 112 Å². The molecule has 0 aliphatic carbocycles. The first kappa shape index (κ1) is 20.2. The van der Waals surface area contributed by atoms with Crippen LogP contribution in [-0.4, -0.2) is 53.8 Å². The van der Waals surface area contributed by atoms with Gasteiger partial charge < -0.3 is 15.7 Å². The number of nitrogens with one attached hydrogen (secondary N) is 3. The lowest BCUT2D eigenvalue weighted by Crippen LogP contribution is -2.67. The molecule has 1 saturated heterocycles. The number of aromatic amines is 1. The number of nitrogens with zero attached hydrogens (tertiary/aromatic N) is 4. The van der Waals surface area contributed by atoms with Crippen molar-refractivity contribution >= 4 is 5.82 Å². The molecule has 0 spiro atoms. The number of piperidine rings is 1. The number of hydrogen-bond acceptors (Lipinski definition) is 7. The number of anilines is 1. The highest BCUT2D eigenvalue weighted by atomic mass is 19.1. The van der Waals surface area contributed by atoms with Gasteiger partial charge in [0.1, 0.15) is 11.9 Å². The molecule has 9 heteroatoms. The third kappa shape index (κ3) is 3.97. The smallest absolute Gasteiger partial charge is 0.185 e. The molecule has 2 atom stereocenters. The van der Waals surface area contributed by atoms with Crippen molar-refractivity contribution in [3.63, 3.8) is 0 Å². The number of benzene rings is 1. The normalized spacial score (nSPS) is 22.6. The predicted octanol–water partition coefficient (Wildman–Crippen LogP) is 3.30. The maximum atomic E-state index is 15.0. The summed E-state index contributed by atoms with van der Waals surface area (Å²) in [6.07, 6.45) is 4.42. The van der Waals surface area contributed by atoms with Gasteiger partial charge in [-0.05, 0) is 51.8 Å². The molecular formula is C21H26FN7O. The van der Waals surface area contributed by atoms with E-state index in [2.05, 4.69) is 49.9 Å². The number of phenols is 1. The maximum Gasteiger partial charge on any atom is 0.185 e. The van der Waals surface area contributed by atoms with Crippen molar-refractivity contribution in [3.8, 4) is 28.3 Å². The van der Waals surface area contributed by atoms with Gasteiger partial charge in [-0.3, -0.25) is 5.10 Å². The summed E-state index contributed by atoms with van der Waals surface area (Å²) in [5, 5.41) is 31.8. The Hall–Kier alpha value is -3.07. The minimum Gasteiger partial charge on any atom is -0.507 e. The quantitative estimate of drug-likeness (QED) is 0.521. The fourth-order valence-electron chi connectivity index (χ4n) is 4.24. The molecule has 8 nitrogen and oxygen atoms in total. The van der Waals surface area contributed by atoms with Crippen LogP contribution in [0.3, 0.4) is 0 Å². The molecule has 3 heterocycles. The number of hydrogen-bond donors (Lipinski definition) is 4. The fourth-order valence-corrected chi connectivity index (χ4v) is 4.24. The molecule has 0 bridgehead atoms. The van der Waals surface area contributed by atoms with E-state index in [0.29, 0.717) is 23.6 Å². The van der Waals surface area contributed by atoms with E-state index < -0.39 is 17.8 Å². The number of aromatic hydroxyl groups is 1. The fraction of sp³-hybridized carbons (Fsp3) is 0.429. The van der Waals surface area contributed by atoms with Crippen LogP contribution >= 0.6 is 0 Å². The Balaban J connectivity index is 1.52. The number of alkyl halides is 1. The standard InChI is InChI=1S/C21H26FN7O/c1-20(2)8-15(18(22)21(3,4)29-20)26-17-11-23-19(28-27-17)14-6-5-12(7-16(14)30)13-9-24-25-10-13/h5-7,9-11,15,18,29-30H,8H2,1-4H3,(H,24,25)(H,26,27). The van der Waals surface area contributed by atoms with Crippen LogP contribution in [0.4, 0.5) is 10.2 Å². The van der Waals surface area contributed by atoms with Crippen molar-refractivity contribution in [2.24, 2.45) is 0 Å². The average molecular weight is 411 g/mol. The van der Waals surface area contributed by atoms with Gasteiger partial charge in [0.2, 0.25) is 0 Å². The zero-order chi connectivity index (χ0) is 21.5. The van der Waals surface area contributed by atoms with Crippen LogP contribution in [0.5, 0.6) is 5.75 Å². The van der Waals surface area contributed by atoms with Crippen molar-refractivity contribution in [1.29, 1.82) is 0 Å². The summed E-state index contributed by atoms with van der Waals surface area (Å²) < 4.78 is 15.0. The monoisotopic (exact) mass is 411 g/mol. The lowest BCUT2D eigenvalue weighted by atomic mass is 9.78. The molecule has 0 amide bonds. The van der Waals surface area contributed by atoms with E-state index in [9.17, 15) is 9.50 Å². The summed E-state index contributed by atoms with van der Waals surface area (Å²) >= 11 is 0. The van der Waals surface area contributed by atoms with E-state index >= 15 is 0 Å². The third-order valence-corrected chi connectivity index (χ3v) is 5.40. The van der Waals surface area contributed by atoms with Crippen molar-refractivity contribution < 1.29 is 9.50 Å². The molecule has 2 aromatic heterocycles. The third-order valence-electron chi connectivity index (χ3n) is 5.40. The molecule has 30 heavy (non-hydrogen) atoms. The molecule has 4 rings (SSSR count). The molecule has 2 unspecified atom stereocenters. The largest absolute Gasteiger partial charge is 0.507 e. The van der Waals surface area contributed by atoms with E-state index in [0.717, 1.165) is 11.1 Å². The second kappa shape index (κ2) is 7.32.